The molecule has 1 saturated carbocycles. The molecule has 2 aromatic carbocycles. The van der Waals surface area contributed by atoms with Gasteiger partial charge in [-0.2, -0.15) is 5.26 Å². The van der Waals surface area contributed by atoms with Crippen LogP contribution in [0.2, 0.25) is 0 Å². The second kappa shape index (κ2) is 11.0. The third-order valence-corrected chi connectivity index (χ3v) is 7.35. The third-order valence-electron chi connectivity index (χ3n) is 7.35. The van der Waals surface area contributed by atoms with E-state index in [-0.39, 0.29) is 6.61 Å². The number of nitriles is 1. The fourth-order valence-corrected chi connectivity index (χ4v) is 5.03. The molecule has 2 heterocycles. The molecule has 1 atom stereocenters. The highest BCUT2D eigenvalue weighted by Gasteiger charge is 2.39. The third kappa shape index (κ3) is 4.95. The molecule has 1 N–H and O–H groups in total. The van der Waals surface area contributed by atoms with Crippen LogP contribution in [0.4, 0.5) is 5.69 Å². The van der Waals surface area contributed by atoms with E-state index in [9.17, 15) is 10.1 Å². The number of methoxy groups -OCH3 is 1. The van der Waals surface area contributed by atoms with Gasteiger partial charge in [0.15, 0.2) is 0 Å². The fraction of sp³-hybridized carbons (Fsp3) is 0.323. The first-order valence-electron chi connectivity index (χ1n) is 12.9. The molecule has 1 fully saturated rings. The molecule has 1 aromatic heterocycles. The molecule has 194 valence electrons. The predicted octanol–water partition coefficient (Wildman–Crippen LogP) is 6.02. The van der Waals surface area contributed by atoms with Crippen molar-refractivity contribution < 1.29 is 19.0 Å². The zero-order valence-corrected chi connectivity index (χ0v) is 21.9. The van der Waals surface area contributed by atoms with Crippen molar-refractivity contribution in [2.45, 2.75) is 45.6 Å². The van der Waals surface area contributed by atoms with Gasteiger partial charge in [-0.25, -0.2) is 9.78 Å². The minimum atomic E-state index is -0.569. The number of esters is 1. The van der Waals surface area contributed by atoms with Crippen molar-refractivity contribution in [1.82, 2.24) is 4.98 Å². The minimum absolute atomic E-state index is 0.150. The first-order chi connectivity index (χ1) is 18.5. The number of benzene rings is 2. The number of nitrogens with one attached hydrogen (secondary N) is 1. The second-order valence-corrected chi connectivity index (χ2v) is 9.87. The van der Waals surface area contributed by atoms with Gasteiger partial charge in [0.2, 0.25) is 5.88 Å². The van der Waals surface area contributed by atoms with Crippen LogP contribution in [-0.4, -0.2) is 24.7 Å². The van der Waals surface area contributed by atoms with Crippen LogP contribution in [0.25, 0.3) is 0 Å². The van der Waals surface area contributed by atoms with E-state index in [2.05, 4.69) is 16.4 Å². The normalized spacial score (nSPS) is 16.5. The van der Waals surface area contributed by atoms with E-state index < -0.39 is 11.9 Å². The van der Waals surface area contributed by atoms with E-state index >= 15 is 0 Å². The van der Waals surface area contributed by atoms with Gasteiger partial charge in [0, 0.05) is 17.5 Å². The maximum absolute atomic E-state index is 13.7. The van der Waals surface area contributed by atoms with E-state index in [1.165, 1.54) is 6.42 Å². The number of hydrogen-bond acceptors (Lipinski definition) is 7. The number of pyridine rings is 1. The number of rotatable bonds is 8. The Balaban J connectivity index is 1.61. The van der Waals surface area contributed by atoms with Gasteiger partial charge in [0.25, 0.3) is 0 Å². The number of ether oxygens (including phenoxy) is 3. The molecular formula is C31H31N3O4. The van der Waals surface area contributed by atoms with Crippen molar-refractivity contribution in [2.75, 3.05) is 19.0 Å². The van der Waals surface area contributed by atoms with Gasteiger partial charge in [0.1, 0.15) is 12.4 Å². The summed E-state index contributed by atoms with van der Waals surface area (Å²) in [5, 5.41) is 12.9. The average Bonchev–Trinajstić information content (AvgIpc) is 2.91. The Morgan fingerprint density at radius 2 is 1.95 bits per heavy atom. The van der Waals surface area contributed by atoms with E-state index in [0.29, 0.717) is 41.0 Å². The molecule has 0 bridgehead atoms. The van der Waals surface area contributed by atoms with Crippen LogP contribution in [0.3, 0.4) is 0 Å². The van der Waals surface area contributed by atoms with Crippen LogP contribution in [0.5, 0.6) is 11.6 Å². The molecule has 38 heavy (non-hydrogen) atoms. The molecule has 1 aliphatic heterocycles. The largest absolute Gasteiger partial charge is 0.496 e. The highest BCUT2D eigenvalue weighted by molar-refractivity contribution is 5.95. The number of aryl methyl sites for hydroxylation is 1. The summed E-state index contributed by atoms with van der Waals surface area (Å²) in [6.07, 6.45) is 5.31. The lowest BCUT2D eigenvalue weighted by Crippen LogP contribution is -2.27. The first kappa shape index (κ1) is 25.3. The van der Waals surface area contributed by atoms with Gasteiger partial charge < -0.3 is 19.5 Å². The van der Waals surface area contributed by atoms with Crippen LogP contribution in [0.1, 0.15) is 59.9 Å². The van der Waals surface area contributed by atoms with Crippen LogP contribution in [0.15, 0.2) is 66.0 Å². The number of hydrogen-bond donors (Lipinski definition) is 1. The minimum Gasteiger partial charge on any atom is -0.496 e. The van der Waals surface area contributed by atoms with Crippen molar-refractivity contribution in [1.29, 1.82) is 5.26 Å². The summed E-state index contributed by atoms with van der Waals surface area (Å²) in [6, 6.07) is 17.0. The van der Waals surface area contributed by atoms with Crippen LogP contribution in [0, 0.1) is 24.2 Å². The Morgan fingerprint density at radius 3 is 2.63 bits per heavy atom. The van der Waals surface area contributed by atoms with E-state index in [0.717, 1.165) is 40.8 Å². The quantitative estimate of drug-likeness (QED) is 0.371. The van der Waals surface area contributed by atoms with Gasteiger partial charge >= 0.3 is 5.97 Å². The zero-order valence-electron chi connectivity index (χ0n) is 21.9. The molecule has 2 aliphatic rings. The second-order valence-electron chi connectivity index (χ2n) is 9.87. The lowest BCUT2D eigenvalue weighted by molar-refractivity contribution is -0.140. The smallest absolute Gasteiger partial charge is 0.337 e. The Morgan fingerprint density at radius 1 is 1.16 bits per heavy atom. The maximum atomic E-state index is 13.7. The summed E-state index contributed by atoms with van der Waals surface area (Å²) in [7, 11) is 1.56. The van der Waals surface area contributed by atoms with Crippen LogP contribution >= 0.6 is 0 Å². The highest BCUT2D eigenvalue weighted by atomic mass is 16.5. The number of anilines is 1. The number of carbonyl (C=O) groups is 1. The molecule has 1 aliphatic carbocycles. The lowest BCUT2D eigenvalue weighted by atomic mass is 9.79. The summed E-state index contributed by atoms with van der Waals surface area (Å²) in [4.78, 5) is 18.4. The molecule has 7 heteroatoms. The SMILES string of the molecule is COc1cc(C#N)ccc1C1C(C(=O)OCc2ccccc2)=C(C)Nc2c(C)cnc(OCC3CCC3)c21. The summed E-state index contributed by atoms with van der Waals surface area (Å²) < 4.78 is 17.9. The van der Waals surface area contributed by atoms with Crippen LogP contribution < -0.4 is 14.8 Å². The van der Waals surface area contributed by atoms with Crippen molar-refractivity contribution in [3.63, 3.8) is 0 Å². The number of nitrogens with zero attached hydrogens (tertiary/aromatic N) is 2. The topological polar surface area (TPSA) is 93.5 Å². The van der Waals surface area contributed by atoms with Gasteiger partial charge in [-0.15, -0.1) is 0 Å². The van der Waals surface area contributed by atoms with E-state index in [1.54, 1.807) is 25.4 Å². The van der Waals surface area contributed by atoms with E-state index in [1.807, 2.05) is 50.2 Å². The molecular weight excluding hydrogens is 478 g/mol. The summed E-state index contributed by atoms with van der Waals surface area (Å²) in [5.74, 6) is 0.505. The summed E-state index contributed by atoms with van der Waals surface area (Å²) >= 11 is 0. The first-order valence-corrected chi connectivity index (χ1v) is 12.9. The van der Waals surface area contributed by atoms with Crippen molar-refractivity contribution in [2.24, 2.45) is 5.92 Å². The van der Waals surface area contributed by atoms with Gasteiger partial charge in [-0.1, -0.05) is 42.8 Å². The highest BCUT2D eigenvalue weighted by Crippen LogP contribution is 2.49. The molecule has 0 amide bonds. The zero-order chi connectivity index (χ0) is 26.6. The Kier molecular flexibility index (Phi) is 7.32. The summed E-state index contributed by atoms with van der Waals surface area (Å²) in [5.41, 5.74) is 5.81. The standard InChI is InChI=1S/C31H31N3O4/c1-19-16-33-30(37-17-22-10-7-11-22)28-27(24-13-12-23(15-32)14-25(24)36-3)26(20(2)34-29(19)28)31(35)38-18-21-8-5-4-6-9-21/h4-6,8-9,12-14,16,22,27,34H,7,10-11,17-18H2,1-3H3. The number of allylic oxidation sites excluding steroid dienone is 1. The number of aromatic nitrogens is 1. The van der Waals surface area contributed by atoms with E-state index in [4.69, 9.17) is 14.2 Å². The molecule has 1 unspecified atom stereocenters. The predicted molar refractivity (Wildman–Crippen MR) is 144 cm³/mol. The Hall–Kier alpha value is -4.31. The van der Waals surface area contributed by atoms with Crippen LogP contribution in [-0.2, 0) is 16.1 Å². The Labute approximate surface area is 223 Å². The molecule has 0 spiro atoms. The fourth-order valence-electron chi connectivity index (χ4n) is 5.03. The van der Waals surface area contributed by atoms with Gasteiger partial charge in [0.05, 0.1) is 48.1 Å². The number of carbonyl (C=O) groups excluding carboxylic acids is 1. The van der Waals surface area contributed by atoms with Crippen molar-refractivity contribution in [3.05, 3.63) is 93.8 Å². The van der Waals surface area contributed by atoms with Crippen molar-refractivity contribution in [3.8, 4) is 17.7 Å². The maximum Gasteiger partial charge on any atom is 0.337 e. The molecule has 0 radical (unpaired) electrons. The Bertz CT molecular complexity index is 1420. The monoisotopic (exact) mass is 509 g/mol. The lowest BCUT2D eigenvalue weighted by Gasteiger charge is -2.33. The molecule has 0 saturated heterocycles. The van der Waals surface area contributed by atoms with Crippen molar-refractivity contribution >= 4 is 11.7 Å². The number of fused-ring (bicyclic) bond motifs is 1. The molecule has 7 nitrogen and oxygen atoms in total. The molecule has 5 rings (SSSR count). The average molecular weight is 510 g/mol. The van der Waals surface area contributed by atoms with Gasteiger partial charge in [-0.05, 0) is 55.9 Å². The van der Waals surface area contributed by atoms with Gasteiger partial charge in [-0.3, -0.25) is 0 Å². The molecule has 3 aromatic rings. The summed E-state index contributed by atoms with van der Waals surface area (Å²) in [6.45, 7) is 4.58.